The third-order valence-corrected chi connectivity index (χ3v) is 6.48. The highest BCUT2D eigenvalue weighted by Gasteiger charge is 2.27. The zero-order valence-corrected chi connectivity index (χ0v) is 16.5. The third-order valence-electron chi connectivity index (χ3n) is 4.19. The van der Waals surface area contributed by atoms with Crippen molar-refractivity contribution < 1.29 is 13.2 Å². The highest BCUT2D eigenvalue weighted by atomic mass is 32.2. The van der Waals surface area contributed by atoms with E-state index in [2.05, 4.69) is 10.6 Å². The van der Waals surface area contributed by atoms with Gasteiger partial charge in [0.1, 0.15) is 0 Å². The predicted octanol–water partition coefficient (Wildman–Crippen LogP) is 2.49. The Labute approximate surface area is 156 Å². The number of benzene rings is 1. The summed E-state index contributed by atoms with van der Waals surface area (Å²) in [6.07, 6.45) is 3.79. The van der Waals surface area contributed by atoms with Crippen molar-refractivity contribution >= 4 is 33.0 Å². The van der Waals surface area contributed by atoms with Gasteiger partial charge in [0, 0.05) is 39.0 Å². The molecule has 2 N–H and O–H groups in total. The summed E-state index contributed by atoms with van der Waals surface area (Å²) in [5.74, 6) is 0. The fourth-order valence-electron chi connectivity index (χ4n) is 2.79. The van der Waals surface area contributed by atoms with E-state index in [4.69, 9.17) is 17.0 Å². The summed E-state index contributed by atoms with van der Waals surface area (Å²) in [6, 6.07) is 5.32. The first-order valence-electron chi connectivity index (χ1n) is 8.60. The molecule has 6 nitrogen and oxygen atoms in total. The molecule has 0 aromatic heterocycles. The van der Waals surface area contributed by atoms with Crippen LogP contribution in [-0.2, 0) is 14.8 Å². The number of ether oxygens (including phenoxy) is 1. The molecule has 25 heavy (non-hydrogen) atoms. The van der Waals surface area contributed by atoms with Crippen LogP contribution in [0.2, 0.25) is 0 Å². The molecule has 1 saturated heterocycles. The maximum absolute atomic E-state index is 12.9. The lowest BCUT2D eigenvalue weighted by Gasteiger charge is -2.26. The molecule has 1 aromatic rings. The lowest BCUT2D eigenvalue weighted by molar-refractivity contribution is 0.196. The number of thiocarbonyl (C=S) groups is 1. The second kappa shape index (κ2) is 9.47. The van der Waals surface area contributed by atoms with Gasteiger partial charge in [0.2, 0.25) is 10.0 Å². The van der Waals surface area contributed by atoms with Crippen LogP contribution in [0.5, 0.6) is 0 Å². The van der Waals surface area contributed by atoms with Crippen LogP contribution in [0.25, 0.3) is 0 Å². The van der Waals surface area contributed by atoms with Gasteiger partial charge in [0.25, 0.3) is 0 Å². The standard InChI is InChI=1S/C17H27N3O3S2/c1-14-7-8-15(19-17(24)18-9-6-12-23-2)13-16(14)25(21,22)20-10-4-3-5-11-20/h7-8,13H,3-6,9-12H2,1-2H3,(H2,18,19,24). The molecule has 1 heterocycles. The van der Waals surface area contributed by atoms with E-state index < -0.39 is 10.0 Å². The molecule has 1 aliphatic rings. The van der Waals surface area contributed by atoms with Crippen molar-refractivity contribution in [3.8, 4) is 0 Å². The van der Waals surface area contributed by atoms with Crippen molar-refractivity contribution in [2.75, 3.05) is 38.7 Å². The summed E-state index contributed by atoms with van der Waals surface area (Å²) in [6.45, 7) is 4.38. The molecule has 1 aliphatic heterocycles. The Morgan fingerprint density at radius 1 is 1.28 bits per heavy atom. The fraction of sp³-hybridized carbons (Fsp3) is 0.588. The molecule has 0 spiro atoms. The first kappa shape index (κ1) is 20.1. The normalized spacial score (nSPS) is 15.8. The number of hydrogen-bond donors (Lipinski definition) is 2. The second-order valence-electron chi connectivity index (χ2n) is 6.17. The Bertz CT molecular complexity index is 686. The summed E-state index contributed by atoms with van der Waals surface area (Å²) in [4.78, 5) is 0.349. The Balaban J connectivity index is 2.07. The molecule has 0 aliphatic carbocycles. The summed E-state index contributed by atoms with van der Waals surface area (Å²) < 4.78 is 32.4. The number of anilines is 1. The van der Waals surface area contributed by atoms with Crippen molar-refractivity contribution in [2.24, 2.45) is 0 Å². The Hall–Kier alpha value is -1.22. The maximum Gasteiger partial charge on any atom is 0.243 e. The summed E-state index contributed by atoms with van der Waals surface area (Å²) >= 11 is 5.26. The molecule has 1 aromatic carbocycles. The quantitative estimate of drug-likeness (QED) is 0.555. The first-order valence-corrected chi connectivity index (χ1v) is 10.4. The highest BCUT2D eigenvalue weighted by molar-refractivity contribution is 7.89. The van der Waals surface area contributed by atoms with Crippen LogP contribution in [0, 0.1) is 6.92 Å². The van der Waals surface area contributed by atoms with Gasteiger partial charge >= 0.3 is 0 Å². The van der Waals surface area contributed by atoms with E-state index in [0.717, 1.165) is 31.2 Å². The molecule has 0 bridgehead atoms. The molecule has 140 valence electrons. The molecular weight excluding hydrogens is 358 g/mol. The van der Waals surface area contributed by atoms with E-state index in [-0.39, 0.29) is 0 Å². The average Bonchev–Trinajstić information content (AvgIpc) is 2.61. The van der Waals surface area contributed by atoms with Gasteiger partial charge in [-0.1, -0.05) is 12.5 Å². The third kappa shape index (κ3) is 5.64. The van der Waals surface area contributed by atoms with Gasteiger partial charge in [-0.05, 0) is 56.1 Å². The monoisotopic (exact) mass is 385 g/mol. The van der Waals surface area contributed by atoms with E-state index in [1.54, 1.807) is 17.5 Å². The molecule has 8 heteroatoms. The van der Waals surface area contributed by atoms with E-state index in [1.165, 1.54) is 0 Å². The van der Waals surface area contributed by atoms with Crippen molar-refractivity contribution in [3.63, 3.8) is 0 Å². The molecule has 0 radical (unpaired) electrons. The zero-order valence-electron chi connectivity index (χ0n) is 14.9. The molecule has 1 fully saturated rings. The summed E-state index contributed by atoms with van der Waals surface area (Å²) in [5.41, 5.74) is 1.42. The van der Waals surface area contributed by atoms with Crippen LogP contribution >= 0.6 is 12.2 Å². The van der Waals surface area contributed by atoms with Gasteiger partial charge in [0.15, 0.2) is 5.11 Å². The summed E-state index contributed by atoms with van der Waals surface area (Å²) in [5, 5.41) is 6.61. The van der Waals surface area contributed by atoms with Gasteiger partial charge in [-0.25, -0.2) is 8.42 Å². The SMILES string of the molecule is COCCCNC(=S)Nc1ccc(C)c(S(=O)(=O)N2CCCCC2)c1. The minimum absolute atomic E-state index is 0.349. The Kier molecular flexibility index (Phi) is 7.61. The lowest BCUT2D eigenvalue weighted by atomic mass is 10.2. The van der Waals surface area contributed by atoms with Crippen LogP contribution in [0.4, 0.5) is 5.69 Å². The van der Waals surface area contributed by atoms with Crippen LogP contribution in [0.1, 0.15) is 31.2 Å². The van der Waals surface area contributed by atoms with E-state index in [9.17, 15) is 8.42 Å². The number of hydrogen-bond acceptors (Lipinski definition) is 4. The molecule has 0 atom stereocenters. The number of sulfonamides is 1. The van der Waals surface area contributed by atoms with Gasteiger partial charge in [-0.15, -0.1) is 0 Å². The topological polar surface area (TPSA) is 70.7 Å². The van der Waals surface area contributed by atoms with E-state index in [0.29, 0.717) is 41.9 Å². The van der Waals surface area contributed by atoms with Gasteiger partial charge in [0.05, 0.1) is 4.90 Å². The van der Waals surface area contributed by atoms with E-state index in [1.807, 2.05) is 19.1 Å². The average molecular weight is 386 g/mol. The number of aryl methyl sites for hydroxylation is 1. The molecular formula is C17H27N3O3S2. The largest absolute Gasteiger partial charge is 0.385 e. The maximum atomic E-state index is 12.9. The number of nitrogens with zero attached hydrogens (tertiary/aromatic N) is 1. The number of piperidine rings is 1. The van der Waals surface area contributed by atoms with Gasteiger partial charge < -0.3 is 15.4 Å². The minimum atomic E-state index is -3.46. The predicted molar refractivity (Wildman–Crippen MR) is 105 cm³/mol. The molecule has 0 saturated carbocycles. The number of rotatable bonds is 7. The smallest absolute Gasteiger partial charge is 0.243 e. The number of methoxy groups -OCH3 is 1. The van der Waals surface area contributed by atoms with Crippen molar-refractivity contribution in [1.82, 2.24) is 9.62 Å². The van der Waals surface area contributed by atoms with Crippen LogP contribution in [0.3, 0.4) is 0 Å². The fourth-order valence-corrected chi connectivity index (χ4v) is 4.78. The van der Waals surface area contributed by atoms with Crippen molar-refractivity contribution in [2.45, 2.75) is 37.5 Å². The van der Waals surface area contributed by atoms with E-state index >= 15 is 0 Å². The molecule has 0 amide bonds. The van der Waals surface area contributed by atoms with Crippen molar-refractivity contribution in [1.29, 1.82) is 0 Å². The molecule has 0 unspecified atom stereocenters. The lowest BCUT2D eigenvalue weighted by Crippen LogP contribution is -2.36. The van der Waals surface area contributed by atoms with Crippen LogP contribution < -0.4 is 10.6 Å². The summed E-state index contributed by atoms with van der Waals surface area (Å²) in [7, 11) is -1.80. The zero-order chi connectivity index (χ0) is 18.3. The highest BCUT2D eigenvalue weighted by Crippen LogP contribution is 2.26. The van der Waals surface area contributed by atoms with Gasteiger partial charge in [-0.2, -0.15) is 4.31 Å². The Morgan fingerprint density at radius 3 is 2.68 bits per heavy atom. The first-order chi connectivity index (χ1) is 11.9. The second-order valence-corrected chi connectivity index (χ2v) is 8.49. The minimum Gasteiger partial charge on any atom is -0.385 e. The van der Waals surface area contributed by atoms with Crippen molar-refractivity contribution in [3.05, 3.63) is 23.8 Å². The Morgan fingerprint density at radius 2 is 2.00 bits per heavy atom. The van der Waals surface area contributed by atoms with Crippen LogP contribution in [-0.4, -0.2) is 51.2 Å². The van der Waals surface area contributed by atoms with Gasteiger partial charge in [-0.3, -0.25) is 0 Å². The molecule has 2 rings (SSSR count). The van der Waals surface area contributed by atoms with Crippen LogP contribution in [0.15, 0.2) is 23.1 Å². The number of nitrogens with one attached hydrogen (secondary N) is 2.